The molecule has 1 aromatic rings. The third-order valence-electron chi connectivity index (χ3n) is 2.98. The average molecular weight is 206 g/mol. The number of nitrogens with zero attached hydrogens (tertiary/aromatic N) is 2. The van der Waals surface area contributed by atoms with Gasteiger partial charge in [0.2, 0.25) is 0 Å². The normalized spacial score (nSPS) is 21.8. The first kappa shape index (κ1) is 10.4. The molecule has 1 fully saturated rings. The first-order valence-electron chi connectivity index (χ1n) is 5.67. The zero-order chi connectivity index (χ0) is 10.5. The van der Waals surface area contributed by atoms with Gasteiger partial charge in [-0.3, -0.25) is 9.88 Å². The lowest BCUT2D eigenvalue weighted by atomic mass is 10.2. The number of aromatic nitrogens is 1. The van der Waals surface area contributed by atoms with Crippen molar-refractivity contribution >= 4 is 0 Å². The average Bonchev–Trinajstić information content (AvgIpc) is 2.75. The van der Waals surface area contributed by atoms with Gasteiger partial charge in [0.15, 0.2) is 0 Å². The predicted molar refractivity (Wildman–Crippen MR) is 60.0 cm³/mol. The molecule has 2 heterocycles. The maximum absolute atomic E-state index is 5.72. The van der Waals surface area contributed by atoms with E-state index in [2.05, 4.69) is 16.8 Å². The Morgan fingerprint density at radius 1 is 1.60 bits per heavy atom. The van der Waals surface area contributed by atoms with E-state index in [9.17, 15) is 0 Å². The van der Waals surface area contributed by atoms with Gasteiger partial charge < -0.3 is 4.74 Å². The minimum Gasteiger partial charge on any atom is -0.490 e. The van der Waals surface area contributed by atoms with Gasteiger partial charge >= 0.3 is 0 Å². The van der Waals surface area contributed by atoms with Gasteiger partial charge in [0, 0.05) is 12.2 Å². The van der Waals surface area contributed by atoms with Crippen molar-refractivity contribution in [2.75, 3.05) is 19.7 Å². The van der Waals surface area contributed by atoms with Crippen LogP contribution >= 0.6 is 0 Å². The van der Waals surface area contributed by atoms with E-state index in [1.54, 1.807) is 12.4 Å². The topological polar surface area (TPSA) is 25.4 Å². The molecule has 15 heavy (non-hydrogen) atoms. The van der Waals surface area contributed by atoms with Crippen LogP contribution in [-0.2, 0) is 0 Å². The monoisotopic (exact) mass is 206 g/mol. The molecule has 0 aliphatic carbocycles. The molecule has 1 atom stereocenters. The summed E-state index contributed by atoms with van der Waals surface area (Å²) in [6, 6.07) is 4.45. The van der Waals surface area contributed by atoms with Crippen LogP contribution in [0.1, 0.15) is 19.8 Å². The van der Waals surface area contributed by atoms with Crippen LogP contribution in [0.2, 0.25) is 0 Å². The standard InChI is InChI=1S/C12H18N2O/c1-2-14-8-4-5-11(14)10-15-12-6-3-7-13-9-12/h3,6-7,9,11H,2,4-5,8,10H2,1H3. The van der Waals surface area contributed by atoms with Crippen LogP contribution in [0, 0.1) is 0 Å². The highest BCUT2D eigenvalue weighted by atomic mass is 16.5. The molecule has 1 aliphatic heterocycles. The Labute approximate surface area is 91.1 Å². The first-order chi connectivity index (χ1) is 7.40. The summed E-state index contributed by atoms with van der Waals surface area (Å²) in [4.78, 5) is 6.51. The van der Waals surface area contributed by atoms with Crippen LogP contribution < -0.4 is 4.74 Å². The number of hydrogen-bond acceptors (Lipinski definition) is 3. The third kappa shape index (κ3) is 2.69. The van der Waals surface area contributed by atoms with Gasteiger partial charge in [0.05, 0.1) is 6.20 Å². The van der Waals surface area contributed by atoms with Crippen LogP contribution in [0.5, 0.6) is 5.75 Å². The summed E-state index contributed by atoms with van der Waals surface area (Å²) in [5, 5.41) is 0. The molecule has 0 aromatic carbocycles. The summed E-state index contributed by atoms with van der Waals surface area (Å²) < 4.78 is 5.72. The second kappa shape index (κ2) is 5.12. The molecule has 1 saturated heterocycles. The summed E-state index contributed by atoms with van der Waals surface area (Å²) >= 11 is 0. The van der Waals surface area contributed by atoms with Crippen molar-refractivity contribution in [2.45, 2.75) is 25.8 Å². The Balaban J connectivity index is 1.83. The van der Waals surface area contributed by atoms with E-state index in [1.165, 1.54) is 19.4 Å². The fraction of sp³-hybridized carbons (Fsp3) is 0.583. The maximum atomic E-state index is 5.72. The highest BCUT2D eigenvalue weighted by Crippen LogP contribution is 2.17. The Hall–Kier alpha value is -1.09. The Bertz CT molecular complexity index is 289. The Morgan fingerprint density at radius 2 is 2.53 bits per heavy atom. The molecule has 1 aliphatic rings. The summed E-state index contributed by atoms with van der Waals surface area (Å²) in [6.45, 7) is 5.35. The van der Waals surface area contributed by atoms with Crippen molar-refractivity contribution in [3.8, 4) is 5.75 Å². The van der Waals surface area contributed by atoms with Crippen molar-refractivity contribution in [1.82, 2.24) is 9.88 Å². The lowest BCUT2D eigenvalue weighted by Gasteiger charge is -2.22. The molecule has 0 spiro atoms. The number of likely N-dealkylation sites (tertiary alicyclic amines) is 1. The fourth-order valence-electron chi connectivity index (χ4n) is 2.13. The van der Waals surface area contributed by atoms with Crippen molar-refractivity contribution in [1.29, 1.82) is 0 Å². The number of rotatable bonds is 4. The molecule has 0 saturated carbocycles. The molecule has 82 valence electrons. The molecular weight excluding hydrogens is 188 g/mol. The number of ether oxygens (including phenoxy) is 1. The van der Waals surface area contributed by atoms with Gasteiger partial charge in [-0.1, -0.05) is 6.92 Å². The molecule has 3 nitrogen and oxygen atoms in total. The van der Waals surface area contributed by atoms with Crippen LogP contribution in [0.15, 0.2) is 24.5 Å². The molecule has 1 aromatic heterocycles. The SMILES string of the molecule is CCN1CCCC1COc1cccnc1. The van der Waals surface area contributed by atoms with E-state index in [-0.39, 0.29) is 0 Å². The third-order valence-corrected chi connectivity index (χ3v) is 2.98. The van der Waals surface area contributed by atoms with Crippen molar-refractivity contribution in [3.05, 3.63) is 24.5 Å². The van der Waals surface area contributed by atoms with Gasteiger partial charge in [0.25, 0.3) is 0 Å². The number of pyridine rings is 1. The fourth-order valence-corrected chi connectivity index (χ4v) is 2.13. The Kier molecular flexibility index (Phi) is 3.56. The van der Waals surface area contributed by atoms with E-state index in [4.69, 9.17) is 4.74 Å². The lowest BCUT2D eigenvalue weighted by molar-refractivity contribution is 0.178. The van der Waals surface area contributed by atoms with Crippen LogP contribution in [0.3, 0.4) is 0 Å². The van der Waals surface area contributed by atoms with E-state index in [0.717, 1.165) is 18.9 Å². The first-order valence-corrected chi connectivity index (χ1v) is 5.67. The number of hydrogen-bond donors (Lipinski definition) is 0. The second-order valence-corrected chi connectivity index (χ2v) is 3.92. The van der Waals surface area contributed by atoms with E-state index in [1.807, 2.05) is 12.1 Å². The van der Waals surface area contributed by atoms with Crippen LogP contribution in [-0.4, -0.2) is 35.6 Å². The van der Waals surface area contributed by atoms with Gasteiger partial charge in [-0.05, 0) is 38.1 Å². The summed E-state index contributed by atoms with van der Waals surface area (Å²) in [5.74, 6) is 0.875. The van der Waals surface area contributed by atoms with E-state index >= 15 is 0 Å². The van der Waals surface area contributed by atoms with Crippen molar-refractivity contribution in [2.24, 2.45) is 0 Å². The second-order valence-electron chi connectivity index (χ2n) is 3.92. The zero-order valence-corrected chi connectivity index (χ0v) is 9.22. The molecule has 0 radical (unpaired) electrons. The Morgan fingerprint density at radius 3 is 3.27 bits per heavy atom. The highest BCUT2D eigenvalue weighted by Gasteiger charge is 2.23. The zero-order valence-electron chi connectivity index (χ0n) is 9.22. The van der Waals surface area contributed by atoms with Gasteiger partial charge in [-0.25, -0.2) is 0 Å². The van der Waals surface area contributed by atoms with E-state index in [0.29, 0.717) is 6.04 Å². The van der Waals surface area contributed by atoms with Crippen molar-refractivity contribution < 1.29 is 4.74 Å². The molecular formula is C12H18N2O. The van der Waals surface area contributed by atoms with E-state index < -0.39 is 0 Å². The highest BCUT2D eigenvalue weighted by molar-refractivity contribution is 5.15. The maximum Gasteiger partial charge on any atom is 0.137 e. The van der Waals surface area contributed by atoms with Crippen LogP contribution in [0.4, 0.5) is 0 Å². The summed E-state index contributed by atoms with van der Waals surface area (Å²) in [5.41, 5.74) is 0. The quantitative estimate of drug-likeness (QED) is 0.753. The predicted octanol–water partition coefficient (Wildman–Crippen LogP) is 1.94. The summed E-state index contributed by atoms with van der Waals surface area (Å²) in [7, 11) is 0. The molecule has 2 rings (SSSR count). The van der Waals surface area contributed by atoms with Gasteiger partial charge in [0.1, 0.15) is 12.4 Å². The minimum absolute atomic E-state index is 0.593. The van der Waals surface area contributed by atoms with Gasteiger partial charge in [-0.15, -0.1) is 0 Å². The molecule has 0 amide bonds. The smallest absolute Gasteiger partial charge is 0.137 e. The van der Waals surface area contributed by atoms with Crippen molar-refractivity contribution in [3.63, 3.8) is 0 Å². The lowest BCUT2D eigenvalue weighted by Crippen LogP contribution is -2.33. The largest absolute Gasteiger partial charge is 0.490 e. The molecule has 0 bridgehead atoms. The molecule has 1 unspecified atom stereocenters. The van der Waals surface area contributed by atoms with Crippen LogP contribution in [0.25, 0.3) is 0 Å². The molecule has 0 N–H and O–H groups in total. The minimum atomic E-state index is 0.593. The molecule has 3 heteroatoms. The summed E-state index contributed by atoms with van der Waals surface area (Å²) in [6.07, 6.45) is 6.09. The number of likely N-dealkylation sites (N-methyl/N-ethyl adjacent to an activating group) is 1. The van der Waals surface area contributed by atoms with Gasteiger partial charge in [-0.2, -0.15) is 0 Å².